The molecule has 2 aromatic rings. The van der Waals surface area contributed by atoms with Gasteiger partial charge in [0.05, 0.1) is 6.33 Å². The summed E-state index contributed by atoms with van der Waals surface area (Å²) in [6.45, 7) is 5.36. The number of aromatic nitrogens is 4. The Morgan fingerprint density at radius 3 is 2.65 bits per heavy atom. The Bertz CT molecular complexity index is 875. The van der Waals surface area contributed by atoms with Crippen molar-refractivity contribution >= 4 is 28.8 Å². The first-order valence-electron chi connectivity index (χ1n) is 11.0. The monoisotopic (exact) mass is 435 g/mol. The molecular weight excluding hydrogens is 402 g/mol. The van der Waals surface area contributed by atoms with Gasteiger partial charge in [0.2, 0.25) is 5.95 Å². The number of rotatable bonds is 11. The third-order valence-electron chi connectivity index (χ3n) is 5.36. The minimum atomic E-state index is -1.38. The van der Waals surface area contributed by atoms with E-state index in [0.717, 1.165) is 32.1 Å². The Hall–Kier alpha value is -2.50. The molecule has 0 spiro atoms. The van der Waals surface area contributed by atoms with E-state index in [1.807, 2.05) is 6.92 Å². The maximum absolute atomic E-state index is 12.4. The molecule has 0 aromatic carbocycles. The Kier molecular flexibility index (Phi) is 7.99. The molecule has 1 aliphatic heterocycles. The zero-order valence-corrected chi connectivity index (χ0v) is 18.1. The van der Waals surface area contributed by atoms with Gasteiger partial charge in [0, 0.05) is 13.1 Å². The van der Waals surface area contributed by atoms with E-state index in [2.05, 4.69) is 32.5 Å². The lowest BCUT2D eigenvalue weighted by Gasteiger charge is -2.17. The lowest BCUT2D eigenvalue weighted by molar-refractivity contribution is -0.137. The number of nitrogens with zero attached hydrogens (tertiary/aromatic N) is 4. The zero-order valence-electron chi connectivity index (χ0n) is 18.1. The molecule has 11 heteroatoms. The smallest absolute Gasteiger partial charge is 0.252 e. The van der Waals surface area contributed by atoms with Crippen LogP contribution in [0.2, 0.25) is 0 Å². The largest absolute Gasteiger partial charge is 0.387 e. The first kappa shape index (κ1) is 23.2. The summed E-state index contributed by atoms with van der Waals surface area (Å²) in [6, 6.07) is 0. The van der Waals surface area contributed by atoms with E-state index in [0.29, 0.717) is 30.2 Å². The van der Waals surface area contributed by atoms with E-state index >= 15 is 0 Å². The lowest BCUT2D eigenvalue weighted by atomic mass is 10.1. The summed E-state index contributed by atoms with van der Waals surface area (Å²) in [5, 5.41) is 26.8. The highest BCUT2D eigenvalue weighted by Crippen LogP contribution is 2.32. The maximum atomic E-state index is 12.4. The number of hydrogen-bond acceptors (Lipinski definition) is 9. The molecule has 3 heterocycles. The molecule has 11 nitrogen and oxygen atoms in total. The van der Waals surface area contributed by atoms with Gasteiger partial charge in [-0.15, -0.1) is 0 Å². The predicted molar refractivity (Wildman–Crippen MR) is 116 cm³/mol. The van der Waals surface area contributed by atoms with Gasteiger partial charge in [-0.25, -0.2) is 4.98 Å². The normalized spacial score (nSPS) is 23.4. The zero-order chi connectivity index (χ0) is 22.4. The van der Waals surface area contributed by atoms with E-state index in [1.165, 1.54) is 17.3 Å². The fourth-order valence-electron chi connectivity index (χ4n) is 3.55. The Morgan fingerprint density at radius 2 is 1.90 bits per heavy atom. The minimum absolute atomic E-state index is 0.196. The summed E-state index contributed by atoms with van der Waals surface area (Å²) in [5.74, 6) is 0.0855. The van der Waals surface area contributed by atoms with Gasteiger partial charge >= 0.3 is 0 Å². The number of carbonyl (C=O) groups is 1. The molecule has 1 amide bonds. The number of aliphatic hydroxyl groups is 2. The molecule has 3 rings (SSSR count). The molecule has 4 atom stereocenters. The number of aliphatic hydroxyl groups excluding tert-OH is 2. The second kappa shape index (κ2) is 10.7. The van der Waals surface area contributed by atoms with Gasteiger partial charge in [-0.2, -0.15) is 9.97 Å². The third-order valence-corrected chi connectivity index (χ3v) is 5.36. The molecule has 172 valence electrons. The second-order valence-corrected chi connectivity index (χ2v) is 7.82. The number of nitrogens with one attached hydrogen (secondary N) is 2. The van der Waals surface area contributed by atoms with Crippen LogP contribution in [0.4, 0.5) is 11.8 Å². The molecule has 0 radical (unpaired) electrons. The first-order valence-corrected chi connectivity index (χ1v) is 11.0. The van der Waals surface area contributed by atoms with Gasteiger partial charge in [0.1, 0.15) is 17.7 Å². The van der Waals surface area contributed by atoms with Crippen LogP contribution in [0.1, 0.15) is 58.6 Å². The van der Waals surface area contributed by atoms with Gasteiger partial charge in [0.15, 0.2) is 23.8 Å². The van der Waals surface area contributed by atoms with Gasteiger partial charge in [-0.1, -0.05) is 39.5 Å². The van der Waals surface area contributed by atoms with E-state index in [-0.39, 0.29) is 5.82 Å². The molecule has 0 saturated carbocycles. The van der Waals surface area contributed by atoms with Crippen molar-refractivity contribution in [2.24, 2.45) is 0 Å². The number of unbranched alkanes of at least 4 members (excludes halogenated alkanes) is 4. The van der Waals surface area contributed by atoms with Gasteiger partial charge < -0.3 is 31.3 Å². The minimum Gasteiger partial charge on any atom is -0.387 e. The molecule has 1 fully saturated rings. The molecule has 0 bridgehead atoms. The van der Waals surface area contributed by atoms with Crippen molar-refractivity contribution in [1.29, 1.82) is 0 Å². The van der Waals surface area contributed by atoms with Gasteiger partial charge in [0.25, 0.3) is 5.91 Å². The number of imidazole rings is 1. The highest BCUT2D eigenvalue weighted by atomic mass is 16.6. The average molecular weight is 436 g/mol. The second-order valence-electron chi connectivity index (χ2n) is 7.82. The quantitative estimate of drug-likeness (QED) is 0.323. The van der Waals surface area contributed by atoms with E-state index < -0.39 is 30.4 Å². The number of fused-ring (bicyclic) bond motifs is 1. The van der Waals surface area contributed by atoms with Crippen LogP contribution in [-0.2, 0) is 9.53 Å². The summed E-state index contributed by atoms with van der Waals surface area (Å²) >= 11 is 0. The van der Waals surface area contributed by atoms with Crippen LogP contribution in [0.25, 0.3) is 11.2 Å². The fourth-order valence-corrected chi connectivity index (χ4v) is 3.55. The standard InChI is InChI=1S/C20H33N7O4/c1-3-5-7-8-10-23-20-25-16(21)12-17(26-20)27(11-24-12)19-14(29)13(28)15(31-19)18(30)22-9-6-4-2/h11,13-15,19,28-29H,3-10H2,1-2H3,(H,22,30)(H3,21,23,25,26)/t13-,14+,15-,19+/m0/s1. The molecular formula is C20H33N7O4. The summed E-state index contributed by atoms with van der Waals surface area (Å²) in [5.41, 5.74) is 6.76. The third kappa shape index (κ3) is 5.23. The molecule has 31 heavy (non-hydrogen) atoms. The van der Waals surface area contributed by atoms with Crippen LogP contribution in [-0.4, -0.2) is 67.0 Å². The molecule has 2 aromatic heterocycles. The molecule has 1 aliphatic rings. The average Bonchev–Trinajstić information content (AvgIpc) is 3.30. The van der Waals surface area contributed by atoms with Crippen molar-refractivity contribution in [3.8, 4) is 0 Å². The number of ether oxygens (including phenoxy) is 1. The van der Waals surface area contributed by atoms with Crippen LogP contribution < -0.4 is 16.4 Å². The molecule has 6 N–H and O–H groups in total. The van der Waals surface area contributed by atoms with E-state index in [4.69, 9.17) is 10.5 Å². The van der Waals surface area contributed by atoms with Crippen molar-refractivity contribution < 1.29 is 19.7 Å². The topological polar surface area (TPSA) is 160 Å². The number of carbonyl (C=O) groups excluding carboxylic acids is 1. The van der Waals surface area contributed by atoms with Crippen molar-refractivity contribution in [2.45, 2.75) is 76.9 Å². The highest BCUT2D eigenvalue weighted by Gasteiger charge is 2.47. The van der Waals surface area contributed by atoms with Crippen LogP contribution in [0.5, 0.6) is 0 Å². The maximum Gasteiger partial charge on any atom is 0.252 e. The fraction of sp³-hybridized carbons (Fsp3) is 0.700. The Labute approximate surface area is 181 Å². The van der Waals surface area contributed by atoms with Crippen molar-refractivity contribution in [1.82, 2.24) is 24.8 Å². The van der Waals surface area contributed by atoms with E-state index in [9.17, 15) is 15.0 Å². The lowest BCUT2D eigenvalue weighted by Crippen LogP contribution is -2.43. The summed E-state index contributed by atoms with van der Waals surface area (Å²) in [7, 11) is 0. The summed E-state index contributed by atoms with van der Waals surface area (Å²) < 4.78 is 7.20. The number of anilines is 2. The number of hydrogen-bond donors (Lipinski definition) is 5. The molecule has 0 aliphatic carbocycles. The molecule has 1 saturated heterocycles. The number of amides is 1. The SMILES string of the molecule is CCCCCCNc1nc(N)c2ncn([C@@H]3O[C@H](C(=O)NCCCC)[C@@H](O)[C@H]3O)c2n1. The van der Waals surface area contributed by atoms with Crippen molar-refractivity contribution in [3.63, 3.8) is 0 Å². The summed E-state index contributed by atoms with van der Waals surface area (Å²) in [6.07, 6.45) is 2.65. The van der Waals surface area contributed by atoms with Crippen molar-refractivity contribution in [2.75, 3.05) is 24.1 Å². The van der Waals surface area contributed by atoms with Crippen LogP contribution >= 0.6 is 0 Å². The van der Waals surface area contributed by atoms with E-state index in [1.54, 1.807) is 0 Å². The number of nitrogens with two attached hydrogens (primary N) is 1. The van der Waals surface area contributed by atoms with Gasteiger partial charge in [-0.05, 0) is 12.8 Å². The Balaban J connectivity index is 1.76. The van der Waals surface area contributed by atoms with Crippen LogP contribution in [0.15, 0.2) is 6.33 Å². The van der Waals surface area contributed by atoms with Crippen molar-refractivity contribution in [3.05, 3.63) is 6.33 Å². The predicted octanol–water partition coefficient (Wildman–Crippen LogP) is 0.936. The summed E-state index contributed by atoms with van der Waals surface area (Å²) in [4.78, 5) is 25.3. The first-order chi connectivity index (χ1) is 15.0. The van der Waals surface area contributed by atoms with Crippen LogP contribution in [0.3, 0.4) is 0 Å². The highest BCUT2D eigenvalue weighted by molar-refractivity contribution is 5.83. The van der Waals surface area contributed by atoms with Gasteiger partial charge in [-0.3, -0.25) is 9.36 Å². The molecule has 0 unspecified atom stereocenters. The number of nitrogen functional groups attached to an aromatic ring is 1. The van der Waals surface area contributed by atoms with Crippen LogP contribution in [0, 0.1) is 0 Å². The Morgan fingerprint density at radius 1 is 1.13 bits per heavy atom.